The molecule has 4 rings (SSSR count). The highest BCUT2D eigenvalue weighted by Crippen LogP contribution is 2.42. The fourth-order valence-corrected chi connectivity index (χ4v) is 4.00. The zero-order valence-electron chi connectivity index (χ0n) is 15.8. The van der Waals surface area contributed by atoms with Gasteiger partial charge in [-0.25, -0.2) is 4.68 Å². The number of unbranched alkanes of at least 4 members (excludes halogenated alkanes) is 1. The van der Waals surface area contributed by atoms with E-state index in [4.69, 9.17) is 9.47 Å². The number of aryl methyl sites for hydroxylation is 1. The molecule has 0 radical (unpaired) electrons. The minimum absolute atomic E-state index is 0.174. The van der Waals surface area contributed by atoms with Gasteiger partial charge in [0, 0.05) is 12.6 Å². The molecule has 1 aliphatic carbocycles. The van der Waals surface area contributed by atoms with Crippen LogP contribution in [0.15, 0.2) is 18.2 Å². The van der Waals surface area contributed by atoms with E-state index in [9.17, 15) is 4.79 Å². The van der Waals surface area contributed by atoms with Crippen LogP contribution in [0.2, 0.25) is 0 Å². The average molecular weight is 370 g/mol. The summed E-state index contributed by atoms with van der Waals surface area (Å²) in [6, 6.07) is 5.46. The van der Waals surface area contributed by atoms with E-state index in [0.29, 0.717) is 29.3 Å². The van der Waals surface area contributed by atoms with E-state index in [-0.39, 0.29) is 18.0 Å². The number of hydrogen-bond acceptors (Lipinski definition) is 6. The number of rotatable bonds is 6. The number of hydrogen-bond donors (Lipinski definition) is 0. The molecule has 0 saturated heterocycles. The van der Waals surface area contributed by atoms with E-state index in [2.05, 4.69) is 22.4 Å². The lowest BCUT2D eigenvalue weighted by atomic mass is 9.78. The minimum atomic E-state index is -0.314. The third-order valence-electron chi connectivity index (χ3n) is 5.52. The highest BCUT2D eigenvalue weighted by atomic mass is 16.5. The molecule has 1 spiro atoms. The summed E-state index contributed by atoms with van der Waals surface area (Å²) in [5.74, 6) is 2.19. The van der Waals surface area contributed by atoms with Crippen LogP contribution < -0.4 is 9.47 Å². The van der Waals surface area contributed by atoms with Crippen LogP contribution in [-0.2, 0) is 13.2 Å². The summed E-state index contributed by atoms with van der Waals surface area (Å²) >= 11 is 0. The molecule has 27 heavy (non-hydrogen) atoms. The molecule has 2 aromatic rings. The van der Waals surface area contributed by atoms with Gasteiger partial charge in [-0.2, -0.15) is 0 Å². The van der Waals surface area contributed by atoms with E-state index < -0.39 is 0 Å². The minimum Gasteiger partial charge on any atom is -0.486 e. The van der Waals surface area contributed by atoms with Gasteiger partial charge >= 0.3 is 0 Å². The topological polar surface area (TPSA) is 79.1 Å². The van der Waals surface area contributed by atoms with Crippen molar-refractivity contribution in [3.8, 4) is 11.5 Å². The Balaban J connectivity index is 1.47. The Kier molecular flexibility index (Phi) is 5.09. The largest absolute Gasteiger partial charge is 0.486 e. The summed E-state index contributed by atoms with van der Waals surface area (Å²) in [6.07, 6.45) is 7.98. The van der Waals surface area contributed by atoms with Gasteiger partial charge in [0.2, 0.25) is 0 Å². The molecule has 0 amide bonds. The van der Waals surface area contributed by atoms with Gasteiger partial charge in [-0.05, 0) is 54.7 Å². The number of fused-ring (bicyclic) bond motifs is 1. The van der Waals surface area contributed by atoms with Gasteiger partial charge in [-0.15, -0.1) is 5.10 Å². The lowest BCUT2D eigenvalue weighted by Gasteiger charge is -2.40. The van der Waals surface area contributed by atoms with Gasteiger partial charge in [0.15, 0.2) is 11.6 Å². The second kappa shape index (κ2) is 7.66. The number of ketones is 1. The SMILES string of the molecule is CCCCn1nnnc1COc1ccc2c(c1)OC1(CCCCC1)CC2=O. The third-order valence-corrected chi connectivity index (χ3v) is 5.52. The fraction of sp³-hybridized carbons (Fsp3) is 0.600. The van der Waals surface area contributed by atoms with Crippen LogP contribution in [0.4, 0.5) is 0 Å². The maximum absolute atomic E-state index is 12.6. The van der Waals surface area contributed by atoms with Crippen LogP contribution in [0.25, 0.3) is 0 Å². The number of ether oxygens (including phenoxy) is 2. The molecular weight excluding hydrogens is 344 g/mol. The van der Waals surface area contributed by atoms with Crippen LogP contribution in [0.3, 0.4) is 0 Å². The summed E-state index contributed by atoms with van der Waals surface area (Å²) < 4.78 is 14.0. The molecule has 0 atom stereocenters. The smallest absolute Gasteiger partial charge is 0.189 e. The molecule has 0 N–H and O–H groups in total. The van der Waals surface area contributed by atoms with Crippen LogP contribution in [0, 0.1) is 0 Å². The van der Waals surface area contributed by atoms with Crippen molar-refractivity contribution in [2.75, 3.05) is 0 Å². The number of Topliss-reactive ketones (excluding diaryl/α,β-unsaturated/α-hetero) is 1. The lowest BCUT2D eigenvalue weighted by molar-refractivity contribution is 0.0134. The Bertz CT molecular complexity index is 811. The molecule has 1 saturated carbocycles. The maximum atomic E-state index is 12.6. The number of carbonyl (C=O) groups excluding carboxylic acids is 1. The highest BCUT2D eigenvalue weighted by Gasteiger charge is 2.41. The van der Waals surface area contributed by atoms with Crippen molar-refractivity contribution in [2.24, 2.45) is 0 Å². The molecule has 1 aromatic carbocycles. The second-order valence-corrected chi connectivity index (χ2v) is 7.56. The first-order valence-electron chi connectivity index (χ1n) is 9.93. The summed E-state index contributed by atoms with van der Waals surface area (Å²) in [7, 11) is 0. The molecule has 0 bridgehead atoms. The van der Waals surface area contributed by atoms with Gasteiger partial charge in [-0.3, -0.25) is 4.79 Å². The second-order valence-electron chi connectivity index (χ2n) is 7.56. The van der Waals surface area contributed by atoms with Crippen LogP contribution in [-0.4, -0.2) is 31.6 Å². The first-order chi connectivity index (χ1) is 13.2. The quantitative estimate of drug-likeness (QED) is 0.771. The van der Waals surface area contributed by atoms with E-state index in [1.54, 1.807) is 4.68 Å². The summed E-state index contributed by atoms with van der Waals surface area (Å²) in [4.78, 5) is 12.6. The van der Waals surface area contributed by atoms with Gasteiger partial charge in [-0.1, -0.05) is 19.8 Å². The summed E-state index contributed by atoms with van der Waals surface area (Å²) in [6.45, 7) is 3.20. The zero-order chi connectivity index (χ0) is 18.7. The number of nitrogens with zero attached hydrogens (tertiary/aromatic N) is 4. The molecule has 144 valence electrons. The number of aromatic nitrogens is 4. The van der Waals surface area contributed by atoms with Crippen molar-refractivity contribution < 1.29 is 14.3 Å². The zero-order valence-corrected chi connectivity index (χ0v) is 15.8. The predicted molar refractivity (Wildman–Crippen MR) is 98.9 cm³/mol. The maximum Gasteiger partial charge on any atom is 0.189 e. The van der Waals surface area contributed by atoms with Crippen molar-refractivity contribution in [1.29, 1.82) is 0 Å². The van der Waals surface area contributed by atoms with Crippen LogP contribution in [0.1, 0.15) is 74.5 Å². The molecule has 1 fully saturated rings. The molecule has 7 nitrogen and oxygen atoms in total. The van der Waals surface area contributed by atoms with E-state index in [0.717, 1.165) is 45.1 Å². The summed E-state index contributed by atoms with van der Waals surface area (Å²) in [5, 5.41) is 11.8. The Hall–Kier alpha value is -2.44. The lowest BCUT2D eigenvalue weighted by Crippen LogP contribution is -2.43. The van der Waals surface area contributed by atoms with E-state index in [1.165, 1.54) is 6.42 Å². The number of benzene rings is 1. The average Bonchev–Trinajstić information content (AvgIpc) is 3.12. The van der Waals surface area contributed by atoms with Crippen molar-refractivity contribution in [1.82, 2.24) is 20.2 Å². The predicted octanol–water partition coefficient (Wildman–Crippen LogP) is 3.72. The number of tetrazole rings is 1. The van der Waals surface area contributed by atoms with Gasteiger partial charge in [0.25, 0.3) is 0 Å². The van der Waals surface area contributed by atoms with Crippen LogP contribution >= 0.6 is 0 Å². The first kappa shape index (κ1) is 17.9. The molecule has 2 heterocycles. The molecule has 7 heteroatoms. The Morgan fingerprint density at radius 3 is 2.93 bits per heavy atom. The van der Waals surface area contributed by atoms with E-state index >= 15 is 0 Å². The summed E-state index contributed by atoms with van der Waals surface area (Å²) in [5.41, 5.74) is 0.344. The van der Waals surface area contributed by atoms with Gasteiger partial charge < -0.3 is 9.47 Å². The molecular formula is C20H26N4O3. The Labute approximate surface area is 159 Å². The molecule has 0 unspecified atom stereocenters. The molecule has 1 aliphatic heterocycles. The Morgan fingerprint density at radius 1 is 1.26 bits per heavy atom. The van der Waals surface area contributed by atoms with Crippen molar-refractivity contribution in [2.45, 2.75) is 77.0 Å². The van der Waals surface area contributed by atoms with Gasteiger partial charge in [0.1, 0.15) is 23.7 Å². The first-order valence-corrected chi connectivity index (χ1v) is 9.93. The molecule has 2 aliphatic rings. The monoisotopic (exact) mass is 370 g/mol. The normalized spacial score (nSPS) is 18.2. The third kappa shape index (κ3) is 3.82. The standard InChI is InChI=1S/C20H26N4O3/c1-2-3-11-24-19(21-22-23-24)14-26-15-7-8-16-17(25)13-20(27-18(16)12-15)9-5-4-6-10-20/h7-8,12H,2-6,9-11,13-14H2,1H3. The molecule has 1 aromatic heterocycles. The van der Waals surface area contributed by atoms with Crippen LogP contribution in [0.5, 0.6) is 11.5 Å². The van der Waals surface area contributed by atoms with Crippen molar-refractivity contribution in [3.05, 3.63) is 29.6 Å². The highest BCUT2D eigenvalue weighted by molar-refractivity contribution is 6.00. The Morgan fingerprint density at radius 2 is 2.11 bits per heavy atom. The fourth-order valence-electron chi connectivity index (χ4n) is 4.00. The number of carbonyl (C=O) groups is 1. The van der Waals surface area contributed by atoms with Gasteiger partial charge in [0.05, 0.1) is 12.0 Å². The van der Waals surface area contributed by atoms with E-state index in [1.807, 2.05) is 18.2 Å². The van der Waals surface area contributed by atoms with Crippen molar-refractivity contribution in [3.63, 3.8) is 0 Å². The van der Waals surface area contributed by atoms with Crippen molar-refractivity contribution >= 4 is 5.78 Å².